The number of nitrogens with zero attached hydrogens (tertiary/aromatic N) is 4. The van der Waals surface area contributed by atoms with E-state index in [0.717, 1.165) is 11.4 Å². The van der Waals surface area contributed by atoms with Crippen LogP contribution in [0.3, 0.4) is 0 Å². The van der Waals surface area contributed by atoms with Crippen LogP contribution in [0.1, 0.15) is 57.8 Å². The summed E-state index contributed by atoms with van der Waals surface area (Å²) in [5.41, 5.74) is 2.29. The Hall–Kier alpha value is -3.29. The summed E-state index contributed by atoms with van der Waals surface area (Å²) < 4.78 is 14.0. The molecule has 1 aromatic carbocycles. The van der Waals surface area contributed by atoms with Gasteiger partial charge >= 0.3 is 0 Å². The molecular weight excluding hydrogens is 423 g/mol. The molecule has 0 bridgehead atoms. The summed E-state index contributed by atoms with van der Waals surface area (Å²) >= 11 is 0. The van der Waals surface area contributed by atoms with Gasteiger partial charge in [-0.05, 0) is 44.0 Å². The van der Waals surface area contributed by atoms with Crippen molar-refractivity contribution in [1.29, 1.82) is 0 Å². The minimum absolute atomic E-state index is 0.0245. The zero-order valence-electron chi connectivity index (χ0n) is 19.1. The van der Waals surface area contributed by atoms with Crippen LogP contribution in [0.4, 0.5) is 4.39 Å². The van der Waals surface area contributed by atoms with Gasteiger partial charge in [-0.2, -0.15) is 0 Å². The van der Waals surface area contributed by atoms with Crippen molar-refractivity contribution < 1.29 is 18.8 Å². The highest BCUT2D eigenvalue weighted by molar-refractivity contribution is 5.96. The zero-order chi connectivity index (χ0) is 23.5. The second kappa shape index (κ2) is 9.68. The minimum atomic E-state index is -0.511. The number of benzene rings is 1. The van der Waals surface area contributed by atoms with Crippen molar-refractivity contribution in [3.05, 3.63) is 64.7 Å². The summed E-state index contributed by atoms with van der Waals surface area (Å²) in [7, 11) is 0. The number of likely N-dealkylation sites (tertiary alicyclic amines) is 1. The van der Waals surface area contributed by atoms with Crippen molar-refractivity contribution in [2.45, 2.75) is 32.6 Å². The first-order valence-electron chi connectivity index (χ1n) is 11.4. The molecule has 2 aliphatic rings. The van der Waals surface area contributed by atoms with Crippen LogP contribution in [0, 0.1) is 12.7 Å². The van der Waals surface area contributed by atoms with Crippen molar-refractivity contribution in [1.82, 2.24) is 19.7 Å². The largest absolute Gasteiger partial charge is 0.339 e. The molecule has 2 aliphatic heterocycles. The maximum atomic E-state index is 14.0. The lowest BCUT2D eigenvalue weighted by atomic mass is 9.89. The molecule has 4 rings (SSSR count). The number of hydrogen-bond acceptors (Lipinski definition) is 4. The molecule has 2 saturated heterocycles. The van der Waals surface area contributed by atoms with Gasteiger partial charge in [0.1, 0.15) is 5.82 Å². The fourth-order valence-corrected chi connectivity index (χ4v) is 4.62. The number of aromatic nitrogens is 1. The molecule has 7 nitrogen and oxygen atoms in total. The van der Waals surface area contributed by atoms with Gasteiger partial charge in [0.25, 0.3) is 11.8 Å². The third kappa shape index (κ3) is 4.89. The first-order valence-corrected chi connectivity index (χ1v) is 11.4. The monoisotopic (exact) mass is 452 g/mol. The maximum Gasteiger partial charge on any atom is 0.256 e. The van der Waals surface area contributed by atoms with Gasteiger partial charge in [-0.25, -0.2) is 4.39 Å². The Balaban J connectivity index is 1.46. The Labute approximate surface area is 193 Å². The number of carbonyl (C=O) groups is 3. The van der Waals surface area contributed by atoms with Gasteiger partial charge in [0.15, 0.2) is 0 Å². The van der Waals surface area contributed by atoms with E-state index in [0.29, 0.717) is 57.7 Å². The van der Waals surface area contributed by atoms with E-state index in [1.54, 1.807) is 33.8 Å². The normalized spacial score (nSPS) is 17.2. The second-order valence-corrected chi connectivity index (χ2v) is 8.73. The highest BCUT2D eigenvalue weighted by Gasteiger charge is 2.31. The molecule has 0 radical (unpaired) electrons. The van der Waals surface area contributed by atoms with Crippen LogP contribution in [-0.2, 0) is 4.79 Å². The molecule has 33 heavy (non-hydrogen) atoms. The van der Waals surface area contributed by atoms with Gasteiger partial charge in [-0.1, -0.05) is 12.1 Å². The van der Waals surface area contributed by atoms with Crippen molar-refractivity contribution in [3.8, 4) is 0 Å². The summed E-state index contributed by atoms with van der Waals surface area (Å²) in [5.74, 6) is -0.805. The number of piperazine rings is 1. The molecule has 2 aromatic rings. The number of carbonyl (C=O) groups excluding carboxylic acids is 3. The third-order valence-electron chi connectivity index (χ3n) is 6.58. The molecule has 0 unspecified atom stereocenters. The molecule has 0 spiro atoms. The van der Waals surface area contributed by atoms with Crippen LogP contribution in [0.25, 0.3) is 0 Å². The van der Waals surface area contributed by atoms with Gasteiger partial charge in [0.2, 0.25) is 5.91 Å². The SMILES string of the molecule is CC(=O)N1CCN(C(=O)c2ccc(C)nc2C2CCN(C(=O)c3ccccc3F)CC2)CC1. The summed E-state index contributed by atoms with van der Waals surface area (Å²) in [6, 6.07) is 9.72. The van der Waals surface area contributed by atoms with Crippen molar-refractivity contribution in [3.63, 3.8) is 0 Å². The molecule has 8 heteroatoms. The molecule has 0 aliphatic carbocycles. The lowest BCUT2D eigenvalue weighted by Gasteiger charge is -2.35. The Kier molecular flexibility index (Phi) is 6.72. The minimum Gasteiger partial charge on any atom is -0.339 e. The smallest absolute Gasteiger partial charge is 0.256 e. The van der Waals surface area contributed by atoms with E-state index < -0.39 is 5.82 Å². The molecule has 0 N–H and O–H groups in total. The Morgan fingerprint density at radius 3 is 2.03 bits per heavy atom. The molecule has 1 aromatic heterocycles. The van der Waals surface area contributed by atoms with Gasteiger partial charge in [-0.15, -0.1) is 0 Å². The number of halogens is 1. The number of piperidine rings is 1. The van der Waals surface area contributed by atoms with E-state index in [4.69, 9.17) is 4.98 Å². The van der Waals surface area contributed by atoms with E-state index in [-0.39, 0.29) is 29.2 Å². The number of amides is 3. The van der Waals surface area contributed by atoms with Crippen LogP contribution in [0.5, 0.6) is 0 Å². The lowest BCUT2D eigenvalue weighted by molar-refractivity contribution is -0.130. The number of hydrogen-bond donors (Lipinski definition) is 0. The fraction of sp³-hybridized carbons (Fsp3) is 0.440. The fourth-order valence-electron chi connectivity index (χ4n) is 4.62. The second-order valence-electron chi connectivity index (χ2n) is 8.73. The average molecular weight is 453 g/mol. The van der Waals surface area contributed by atoms with Gasteiger partial charge < -0.3 is 14.7 Å². The predicted octanol–water partition coefficient (Wildman–Crippen LogP) is 2.85. The number of pyridine rings is 1. The van der Waals surface area contributed by atoms with Crippen LogP contribution in [0.15, 0.2) is 36.4 Å². The molecule has 3 amide bonds. The predicted molar refractivity (Wildman–Crippen MR) is 121 cm³/mol. The van der Waals surface area contributed by atoms with E-state index in [1.807, 2.05) is 19.1 Å². The summed E-state index contributed by atoms with van der Waals surface area (Å²) in [6.07, 6.45) is 1.32. The zero-order valence-corrected chi connectivity index (χ0v) is 19.1. The van der Waals surface area contributed by atoms with Gasteiger partial charge in [-0.3, -0.25) is 19.4 Å². The van der Waals surface area contributed by atoms with Crippen molar-refractivity contribution >= 4 is 17.7 Å². The average Bonchev–Trinajstić information content (AvgIpc) is 2.83. The molecule has 0 saturated carbocycles. The van der Waals surface area contributed by atoms with Crippen molar-refractivity contribution in [2.24, 2.45) is 0 Å². The highest BCUT2D eigenvalue weighted by Crippen LogP contribution is 2.31. The Morgan fingerprint density at radius 2 is 1.39 bits per heavy atom. The molecule has 3 heterocycles. The summed E-state index contributed by atoms with van der Waals surface area (Å²) in [5, 5.41) is 0. The highest BCUT2D eigenvalue weighted by atomic mass is 19.1. The molecule has 2 fully saturated rings. The first-order chi connectivity index (χ1) is 15.8. The standard InChI is InChI=1S/C25H29FN4O3/c1-17-7-8-21(25(33)30-15-13-28(14-16-30)18(2)31)23(27-17)19-9-11-29(12-10-19)24(32)20-5-3-4-6-22(20)26/h3-8,19H,9-16H2,1-2H3. The Morgan fingerprint density at radius 1 is 0.818 bits per heavy atom. The van der Waals surface area contributed by atoms with Crippen LogP contribution < -0.4 is 0 Å². The maximum absolute atomic E-state index is 14.0. The molecule has 174 valence electrons. The third-order valence-corrected chi connectivity index (χ3v) is 6.58. The van der Waals surface area contributed by atoms with Crippen LogP contribution in [-0.4, -0.2) is 76.7 Å². The van der Waals surface area contributed by atoms with Crippen molar-refractivity contribution in [2.75, 3.05) is 39.3 Å². The quantitative estimate of drug-likeness (QED) is 0.718. The lowest BCUT2D eigenvalue weighted by Crippen LogP contribution is -2.50. The van der Waals surface area contributed by atoms with Gasteiger partial charge in [0.05, 0.1) is 16.8 Å². The van der Waals surface area contributed by atoms with E-state index in [2.05, 4.69) is 0 Å². The van der Waals surface area contributed by atoms with Gasteiger partial charge in [0, 0.05) is 57.8 Å². The summed E-state index contributed by atoms with van der Waals surface area (Å²) in [6.45, 7) is 6.49. The van der Waals surface area contributed by atoms with E-state index >= 15 is 0 Å². The molecular formula is C25H29FN4O3. The van der Waals surface area contributed by atoms with E-state index in [1.165, 1.54) is 12.1 Å². The van der Waals surface area contributed by atoms with E-state index in [9.17, 15) is 18.8 Å². The number of rotatable bonds is 3. The molecule has 0 atom stereocenters. The van der Waals surface area contributed by atoms with Crippen LogP contribution >= 0.6 is 0 Å². The first kappa shape index (κ1) is 22.9. The Bertz CT molecular complexity index is 1060. The topological polar surface area (TPSA) is 73.8 Å². The summed E-state index contributed by atoms with van der Waals surface area (Å²) in [4.78, 5) is 47.6. The van der Waals surface area contributed by atoms with Crippen LogP contribution in [0.2, 0.25) is 0 Å². The number of aryl methyl sites for hydroxylation is 1.